The maximum absolute atomic E-state index is 13.9. The first-order valence-electron chi connectivity index (χ1n) is 10.0. The molecular formula is C23H16ClFN6O2. The maximum Gasteiger partial charge on any atom is 0.267 e. The summed E-state index contributed by atoms with van der Waals surface area (Å²) >= 11 is 6.32. The van der Waals surface area contributed by atoms with Gasteiger partial charge in [-0.05, 0) is 31.2 Å². The average Bonchev–Trinajstić information content (AvgIpc) is 2.82. The van der Waals surface area contributed by atoms with Gasteiger partial charge < -0.3 is 10.3 Å². The van der Waals surface area contributed by atoms with E-state index >= 15 is 0 Å². The normalized spacial score (nSPS) is 12.2. The van der Waals surface area contributed by atoms with Crippen molar-refractivity contribution in [1.29, 1.82) is 0 Å². The number of H-pyrrole nitrogens is 1. The highest BCUT2D eigenvalue weighted by molar-refractivity contribution is 6.35. The van der Waals surface area contributed by atoms with Crippen LogP contribution < -0.4 is 16.3 Å². The molecule has 1 unspecified atom stereocenters. The van der Waals surface area contributed by atoms with Gasteiger partial charge in [0.1, 0.15) is 29.0 Å². The number of benzene rings is 2. The fraction of sp³-hybridized carbons (Fsp3) is 0.0870. The number of pyridine rings is 1. The highest BCUT2D eigenvalue weighted by Crippen LogP contribution is 2.25. The van der Waals surface area contributed by atoms with E-state index < -0.39 is 17.3 Å². The summed E-state index contributed by atoms with van der Waals surface area (Å²) in [5.74, 6) is -0.471. The van der Waals surface area contributed by atoms with Crippen molar-refractivity contribution in [3.63, 3.8) is 0 Å². The van der Waals surface area contributed by atoms with E-state index in [2.05, 4.69) is 20.3 Å². The summed E-state index contributed by atoms with van der Waals surface area (Å²) in [5, 5.41) is 3.66. The van der Waals surface area contributed by atoms with E-state index in [9.17, 15) is 14.0 Å². The summed E-state index contributed by atoms with van der Waals surface area (Å²) in [4.78, 5) is 41.4. The van der Waals surface area contributed by atoms with Crippen molar-refractivity contribution in [2.24, 2.45) is 0 Å². The highest BCUT2D eigenvalue weighted by Gasteiger charge is 2.21. The van der Waals surface area contributed by atoms with Crippen LogP contribution in [-0.4, -0.2) is 24.5 Å². The Bertz CT molecular complexity index is 1630. The lowest BCUT2D eigenvalue weighted by atomic mass is 10.2. The Kier molecular flexibility index (Phi) is 5.10. The SMILES string of the molecule is CC(Nc1ncnc2[nH]cc(F)c(=O)c12)c1nc2cccc(Cl)c2c(=O)n1-c1ccccc1. The molecule has 0 fully saturated rings. The van der Waals surface area contributed by atoms with Crippen molar-refractivity contribution in [2.45, 2.75) is 13.0 Å². The zero-order chi connectivity index (χ0) is 23.1. The molecule has 0 aliphatic carbocycles. The molecule has 0 aliphatic heterocycles. The molecule has 0 aliphatic rings. The second kappa shape index (κ2) is 8.10. The summed E-state index contributed by atoms with van der Waals surface area (Å²) in [6.45, 7) is 1.76. The Balaban J connectivity index is 1.72. The quantitative estimate of drug-likeness (QED) is 0.418. The van der Waals surface area contributed by atoms with Crippen molar-refractivity contribution in [1.82, 2.24) is 24.5 Å². The Morgan fingerprint density at radius 1 is 1.06 bits per heavy atom. The summed E-state index contributed by atoms with van der Waals surface area (Å²) in [7, 11) is 0. The molecule has 3 heterocycles. The van der Waals surface area contributed by atoms with Gasteiger partial charge in [-0.1, -0.05) is 35.9 Å². The Labute approximate surface area is 190 Å². The van der Waals surface area contributed by atoms with Gasteiger partial charge in [0.2, 0.25) is 5.43 Å². The third-order valence-corrected chi connectivity index (χ3v) is 5.57. The van der Waals surface area contributed by atoms with E-state index in [4.69, 9.17) is 16.6 Å². The Morgan fingerprint density at radius 3 is 2.64 bits per heavy atom. The second-order valence-electron chi connectivity index (χ2n) is 7.36. The zero-order valence-corrected chi connectivity index (χ0v) is 18.0. The topological polar surface area (TPSA) is 106 Å². The molecule has 0 amide bonds. The van der Waals surface area contributed by atoms with Gasteiger partial charge in [0.15, 0.2) is 5.82 Å². The van der Waals surface area contributed by atoms with Crippen molar-refractivity contribution < 1.29 is 4.39 Å². The molecule has 0 bridgehead atoms. The molecule has 0 saturated heterocycles. The molecule has 10 heteroatoms. The molecule has 164 valence electrons. The van der Waals surface area contributed by atoms with Crippen LogP contribution in [0, 0.1) is 5.82 Å². The minimum absolute atomic E-state index is 0.0261. The molecule has 0 saturated carbocycles. The van der Waals surface area contributed by atoms with Crippen LogP contribution in [0.15, 0.2) is 70.6 Å². The van der Waals surface area contributed by atoms with Crippen LogP contribution >= 0.6 is 11.6 Å². The van der Waals surface area contributed by atoms with Gasteiger partial charge in [-0.25, -0.2) is 19.3 Å². The van der Waals surface area contributed by atoms with E-state index in [0.717, 1.165) is 6.20 Å². The summed E-state index contributed by atoms with van der Waals surface area (Å²) in [6.07, 6.45) is 2.20. The van der Waals surface area contributed by atoms with Crippen molar-refractivity contribution in [2.75, 3.05) is 5.32 Å². The second-order valence-corrected chi connectivity index (χ2v) is 7.76. The van der Waals surface area contributed by atoms with Crippen LogP contribution in [0.3, 0.4) is 0 Å². The first-order valence-corrected chi connectivity index (χ1v) is 10.4. The molecule has 0 spiro atoms. The first-order chi connectivity index (χ1) is 16.0. The lowest BCUT2D eigenvalue weighted by Crippen LogP contribution is -2.28. The molecule has 5 aromatic rings. The van der Waals surface area contributed by atoms with E-state index in [0.29, 0.717) is 27.4 Å². The fourth-order valence-electron chi connectivity index (χ4n) is 3.73. The Morgan fingerprint density at radius 2 is 1.85 bits per heavy atom. The standard InChI is InChI=1S/C23H16ClFN6O2/c1-12(29-21-18-19(32)15(25)10-26-20(18)27-11-28-21)22-30-16-9-5-8-14(24)17(16)23(33)31(22)13-6-3-2-4-7-13/h2-12H,1H3,(H2,26,27,28,29,32). The third-order valence-electron chi connectivity index (χ3n) is 5.25. The van der Waals surface area contributed by atoms with Gasteiger partial charge >= 0.3 is 0 Å². The number of hydrogen-bond acceptors (Lipinski definition) is 6. The molecule has 5 rings (SSSR count). The van der Waals surface area contributed by atoms with Crippen molar-refractivity contribution in [3.05, 3.63) is 98.3 Å². The molecule has 8 nitrogen and oxygen atoms in total. The van der Waals surface area contributed by atoms with E-state index in [1.54, 1.807) is 49.4 Å². The molecule has 2 N–H and O–H groups in total. The first kappa shape index (κ1) is 20.8. The van der Waals surface area contributed by atoms with Crippen LogP contribution in [-0.2, 0) is 0 Å². The smallest absolute Gasteiger partial charge is 0.267 e. The molecule has 2 aromatic carbocycles. The van der Waals surface area contributed by atoms with Crippen LogP contribution in [0.2, 0.25) is 5.02 Å². The molecular weight excluding hydrogens is 447 g/mol. The number of rotatable bonds is 4. The summed E-state index contributed by atoms with van der Waals surface area (Å²) in [5.41, 5.74) is 0.0381. The monoisotopic (exact) mass is 462 g/mol. The number of aromatic nitrogens is 5. The lowest BCUT2D eigenvalue weighted by Gasteiger charge is -2.20. The van der Waals surface area contributed by atoms with Crippen LogP contribution in [0.4, 0.5) is 10.2 Å². The van der Waals surface area contributed by atoms with Crippen LogP contribution in [0.5, 0.6) is 0 Å². The number of hydrogen-bond donors (Lipinski definition) is 2. The van der Waals surface area contributed by atoms with Gasteiger partial charge in [0.05, 0.1) is 27.7 Å². The molecule has 0 radical (unpaired) electrons. The number of para-hydroxylation sites is 1. The number of aromatic amines is 1. The zero-order valence-electron chi connectivity index (χ0n) is 17.2. The largest absolute Gasteiger partial charge is 0.360 e. The Hall–Kier alpha value is -4.11. The summed E-state index contributed by atoms with van der Waals surface area (Å²) in [6, 6.07) is 13.5. The van der Waals surface area contributed by atoms with E-state index in [1.807, 2.05) is 6.07 Å². The highest BCUT2D eigenvalue weighted by atomic mass is 35.5. The molecule has 3 aromatic heterocycles. The number of nitrogens with one attached hydrogen (secondary N) is 2. The minimum Gasteiger partial charge on any atom is -0.360 e. The molecule has 1 atom stereocenters. The van der Waals surface area contributed by atoms with E-state index in [-0.39, 0.29) is 22.4 Å². The minimum atomic E-state index is -0.951. The number of halogens is 2. The predicted molar refractivity (Wildman–Crippen MR) is 125 cm³/mol. The van der Waals surface area contributed by atoms with Gasteiger partial charge in [0, 0.05) is 6.20 Å². The van der Waals surface area contributed by atoms with Crippen molar-refractivity contribution >= 4 is 39.4 Å². The van der Waals surface area contributed by atoms with Crippen LogP contribution in [0.25, 0.3) is 27.6 Å². The van der Waals surface area contributed by atoms with Gasteiger partial charge in [-0.2, -0.15) is 0 Å². The van der Waals surface area contributed by atoms with Crippen molar-refractivity contribution in [3.8, 4) is 5.69 Å². The fourth-order valence-corrected chi connectivity index (χ4v) is 3.98. The van der Waals surface area contributed by atoms with E-state index in [1.165, 1.54) is 10.9 Å². The number of nitrogens with zero attached hydrogens (tertiary/aromatic N) is 4. The van der Waals surface area contributed by atoms with Gasteiger partial charge in [0.25, 0.3) is 5.56 Å². The summed E-state index contributed by atoms with van der Waals surface area (Å²) < 4.78 is 15.4. The third kappa shape index (κ3) is 3.52. The maximum atomic E-state index is 13.9. The van der Waals surface area contributed by atoms with Crippen LogP contribution in [0.1, 0.15) is 18.8 Å². The van der Waals surface area contributed by atoms with Gasteiger partial charge in [-0.15, -0.1) is 0 Å². The average molecular weight is 463 g/mol. The number of fused-ring (bicyclic) bond motifs is 2. The molecule has 33 heavy (non-hydrogen) atoms. The lowest BCUT2D eigenvalue weighted by molar-refractivity contribution is 0.614. The number of anilines is 1. The predicted octanol–water partition coefficient (Wildman–Crippen LogP) is 3.98. The van der Waals surface area contributed by atoms with Gasteiger partial charge in [-0.3, -0.25) is 14.2 Å².